The number of nitrogens with one attached hydrogen (secondary N) is 1. The van der Waals surface area contributed by atoms with Crippen molar-refractivity contribution < 1.29 is 27.5 Å². The van der Waals surface area contributed by atoms with Crippen molar-refractivity contribution in [2.75, 3.05) is 7.11 Å². The summed E-state index contributed by atoms with van der Waals surface area (Å²) < 4.78 is 37.8. The van der Waals surface area contributed by atoms with E-state index in [1.807, 2.05) is 0 Å². The Morgan fingerprint density at radius 3 is 2.44 bits per heavy atom. The second-order valence-electron chi connectivity index (χ2n) is 5.60. The van der Waals surface area contributed by atoms with Gasteiger partial charge >= 0.3 is 23.7 Å². The average molecular weight is 398 g/mol. The summed E-state index contributed by atoms with van der Waals surface area (Å²) in [6.45, 7) is 3.38. The van der Waals surface area contributed by atoms with Crippen LogP contribution in [-0.4, -0.2) is 48.0 Å². The van der Waals surface area contributed by atoms with E-state index in [1.54, 1.807) is 18.6 Å². The zero-order chi connectivity index (χ0) is 20.4. The monoisotopic (exact) mass is 398 g/mol. The molecular formula is C15H18N4O7S. The number of esters is 1. The first kappa shape index (κ1) is 20.2. The number of ether oxygens (including phenoxy) is 2. The van der Waals surface area contributed by atoms with E-state index < -0.39 is 32.6 Å². The molecule has 0 bridgehead atoms. The van der Waals surface area contributed by atoms with Crippen molar-refractivity contribution in [1.29, 1.82) is 0 Å². The minimum atomic E-state index is -4.49. The van der Waals surface area contributed by atoms with Gasteiger partial charge in [-0.1, -0.05) is 12.1 Å². The molecule has 0 aliphatic heterocycles. The Bertz CT molecular complexity index is 1040. The third kappa shape index (κ3) is 4.16. The summed E-state index contributed by atoms with van der Waals surface area (Å²) in [6, 6.07) is 3.67. The molecule has 146 valence electrons. The van der Waals surface area contributed by atoms with Crippen LogP contribution in [0.1, 0.15) is 24.2 Å². The van der Waals surface area contributed by atoms with Gasteiger partial charge < -0.3 is 9.47 Å². The van der Waals surface area contributed by atoms with Gasteiger partial charge in [-0.3, -0.25) is 0 Å². The quantitative estimate of drug-likeness (QED) is 0.700. The Labute approximate surface area is 154 Å². The number of aromatic nitrogens is 3. The SMILES string of the molecule is COC(=O)c1ccccc1S(=O)(=O)NC(=O)n1nc(OC(C)C)n(C)c1=O. The lowest BCUT2D eigenvalue weighted by atomic mass is 10.2. The predicted molar refractivity (Wildman–Crippen MR) is 92.1 cm³/mol. The largest absolute Gasteiger partial charge is 0.465 e. The molecule has 1 amide bonds. The van der Waals surface area contributed by atoms with Gasteiger partial charge in [0, 0.05) is 7.05 Å². The number of benzene rings is 1. The van der Waals surface area contributed by atoms with E-state index in [4.69, 9.17) is 4.74 Å². The molecule has 1 heterocycles. The molecule has 1 N–H and O–H groups in total. The number of rotatable bonds is 5. The summed E-state index contributed by atoms with van der Waals surface area (Å²) in [5.41, 5.74) is -1.17. The maximum Gasteiger partial charge on any atom is 0.360 e. The summed E-state index contributed by atoms with van der Waals surface area (Å²) >= 11 is 0. The zero-order valence-corrected chi connectivity index (χ0v) is 15.8. The fourth-order valence-corrected chi connectivity index (χ4v) is 3.18. The molecule has 1 aromatic carbocycles. The summed E-state index contributed by atoms with van der Waals surface area (Å²) in [6.07, 6.45) is -0.322. The smallest absolute Gasteiger partial charge is 0.360 e. The highest BCUT2D eigenvalue weighted by Crippen LogP contribution is 2.16. The van der Waals surface area contributed by atoms with Gasteiger partial charge in [0.2, 0.25) is 0 Å². The van der Waals surface area contributed by atoms with Gasteiger partial charge in [-0.15, -0.1) is 9.78 Å². The van der Waals surface area contributed by atoms with Crippen molar-refractivity contribution >= 4 is 22.0 Å². The van der Waals surface area contributed by atoms with Gasteiger partial charge in [0.1, 0.15) is 4.90 Å². The number of amides is 1. The molecule has 12 heteroatoms. The number of carbonyl (C=O) groups is 2. The maximum atomic E-state index is 12.5. The van der Waals surface area contributed by atoms with E-state index in [1.165, 1.54) is 25.2 Å². The molecule has 11 nitrogen and oxygen atoms in total. The second-order valence-corrected chi connectivity index (χ2v) is 7.25. The highest BCUT2D eigenvalue weighted by molar-refractivity contribution is 7.90. The van der Waals surface area contributed by atoms with Gasteiger partial charge in [0.15, 0.2) is 0 Å². The molecule has 0 radical (unpaired) electrons. The lowest BCUT2D eigenvalue weighted by Gasteiger charge is -2.09. The van der Waals surface area contributed by atoms with E-state index in [2.05, 4.69) is 9.84 Å². The van der Waals surface area contributed by atoms with Crippen LogP contribution in [0.25, 0.3) is 0 Å². The van der Waals surface area contributed by atoms with E-state index in [0.717, 1.165) is 17.7 Å². The third-order valence-corrected chi connectivity index (χ3v) is 4.66. The van der Waals surface area contributed by atoms with Gasteiger partial charge in [-0.05, 0) is 26.0 Å². The second kappa shape index (κ2) is 7.61. The Kier molecular flexibility index (Phi) is 5.69. The van der Waals surface area contributed by atoms with Crippen molar-refractivity contribution in [3.05, 3.63) is 40.3 Å². The zero-order valence-electron chi connectivity index (χ0n) is 15.0. The molecule has 0 fully saturated rings. The van der Waals surface area contributed by atoms with Gasteiger partial charge in [0.25, 0.3) is 10.0 Å². The van der Waals surface area contributed by atoms with Crippen molar-refractivity contribution in [2.45, 2.75) is 24.8 Å². The van der Waals surface area contributed by atoms with Crippen LogP contribution < -0.4 is 15.1 Å². The van der Waals surface area contributed by atoms with E-state index >= 15 is 0 Å². The molecule has 0 spiro atoms. The van der Waals surface area contributed by atoms with Crippen LogP contribution in [0.4, 0.5) is 4.79 Å². The van der Waals surface area contributed by atoms with Crippen LogP contribution in [0.3, 0.4) is 0 Å². The number of sulfonamides is 1. The molecule has 0 aliphatic rings. The first-order chi connectivity index (χ1) is 12.6. The fourth-order valence-electron chi connectivity index (χ4n) is 2.06. The first-order valence-corrected chi connectivity index (χ1v) is 9.14. The number of nitrogens with zero attached hydrogens (tertiary/aromatic N) is 3. The van der Waals surface area contributed by atoms with Crippen LogP contribution in [0.15, 0.2) is 34.0 Å². The Balaban J connectivity index is 2.39. The highest BCUT2D eigenvalue weighted by atomic mass is 32.2. The summed E-state index contributed by atoms with van der Waals surface area (Å²) in [7, 11) is -2.08. The number of carbonyl (C=O) groups excluding carboxylic acids is 2. The number of hydrogen-bond acceptors (Lipinski definition) is 8. The van der Waals surface area contributed by atoms with Crippen molar-refractivity contribution in [2.24, 2.45) is 7.05 Å². The van der Waals surface area contributed by atoms with Crippen LogP contribution in [0.2, 0.25) is 0 Å². The Morgan fingerprint density at radius 2 is 1.85 bits per heavy atom. The van der Waals surface area contributed by atoms with Crippen molar-refractivity contribution in [3.63, 3.8) is 0 Å². The lowest BCUT2D eigenvalue weighted by molar-refractivity contribution is 0.0596. The Morgan fingerprint density at radius 1 is 1.22 bits per heavy atom. The standard InChI is InChI=1S/C15H18N4O7S/c1-9(2)26-14-16-19(15(22)18(14)3)13(21)17-27(23,24)11-8-6-5-7-10(11)12(20)25-4/h5-9H,1-4H3,(H,17,21). The molecule has 1 aromatic heterocycles. The summed E-state index contributed by atoms with van der Waals surface area (Å²) in [5, 5.41) is 3.68. The van der Waals surface area contributed by atoms with E-state index in [0.29, 0.717) is 4.68 Å². The van der Waals surface area contributed by atoms with Crippen molar-refractivity contribution in [3.8, 4) is 6.01 Å². The molecular weight excluding hydrogens is 380 g/mol. The average Bonchev–Trinajstić information content (AvgIpc) is 2.88. The van der Waals surface area contributed by atoms with Gasteiger partial charge in [-0.2, -0.15) is 0 Å². The van der Waals surface area contributed by atoms with Crippen LogP contribution in [-0.2, 0) is 21.8 Å². The maximum absolute atomic E-state index is 12.5. The molecule has 0 saturated heterocycles. The normalized spacial score (nSPS) is 11.3. The van der Waals surface area contributed by atoms with E-state index in [9.17, 15) is 22.8 Å². The van der Waals surface area contributed by atoms with Crippen LogP contribution >= 0.6 is 0 Å². The van der Waals surface area contributed by atoms with Gasteiger partial charge in [0.05, 0.1) is 18.8 Å². The Hall–Kier alpha value is -3.15. The topological polar surface area (TPSA) is 139 Å². The predicted octanol–water partition coefficient (Wildman–Crippen LogP) is 0.102. The number of hydrogen-bond donors (Lipinski definition) is 1. The molecule has 2 aromatic rings. The minimum absolute atomic E-state index is 0.155. The van der Waals surface area contributed by atoms with Crippen LogP contribution in [0, 0.1) is 0 Å². The summed E-state index contributed by atoms with van der Waals surface area (Å²) in [5.74, 6) is -0.897. The van der Waals surface area contributed by atoms with Crippen molar-refractivity contribution in [1.82, 2.24) is 19.1 Å². The molecule has 0 unspecified atom stereocenters. The van der Waals surface area contributed by atoms with E-state index in [-0.39, 0.29) is 17.7 Å². The molecule has 0 saturated carbocycles. The first-order valence-electron chi connectivity index (χ1n) is 7.65. The fraction of sp³-hybridized carbons (Fsp3) is 0.333. The van der Waals surface area contributed by atoms with Crippen LogP contribution in [0.5, 0.6) is 6.01 Å². The molecule has 0 atom stereocenters. The van der Waals surface area contributed by atoms with Gasteiger partial charge in [-0.25, -0.2) is 32.1 Å². The molecule has 0 aliphatic carbocycles. The number of methoxy groups -OCH3 is 1. The third-order valence-electron chi connectivity index (χ3n) is 3.28. The lowest BCUT2D eigenvalue weighted by Crippen LogP contribution is -2.40. The molecule has 27 heavy (non-hydrogen) atoms. The summed E-state index contributed by atoms with van der Waals surface area (Å²) in [4.78, 5) is 35.7. The highest BCUT2D eigenvalue weighted by Gasteiger charge is 2.27. The molecule has 2 rings (SSSR count). The minimum Gasteiger partial charge on any atom is -0.465 e.